The third-order valence-corrected chi connectivity index (χ3v) is 7.17. The van der Waals surface area contributed by atoms with Gasteiger partial charge in [-0.25, -0.2) is 8.42 Å². The van der Waals surface area contributed by atoms with Crippen molar-refractivity contribution < 1.29 is 17.9 Å². The molecular weight excluding hydrogens is 378 g/mol. The minimum atomic E-state index is -3.59. The van der Waals surface area contributed by atoms with Gasteiger partial charge < -0.3 is 9.64 Å². The van der Waals surface area contributed by atoms with Gasteiger partial charge in [-0.15, -0.1) is 0 Å². The maximum Gasteiger partial charge on any atom is 0.253 e. The molecule has 2 aliphatic heterocycles. The summed E-state index contributed by atoms with van der Waals surface area (Å²) in [6, 6.07) is 6.34. The predicted octanol–water partition coefficient (Wildman–Crippen LogP) is 1.65. The zero-order valence-electron chi connectivity index (χ0n) is 17.0. The van der Waals surface area contributed by atoms with Crippen molar-refractivity contribution in [2.24, 2.45) is 0 Å². The van der Waals surface area contributed by atoms with Gasteiger partial charge >= 0.3 is 0 Å². The first-order valence-electron chi connectivity index (χ1n) is 10.1. The molecule has 2 heterocycles. The summed E-state index contributed by atoms with van der Waals surface area (Å²) in [5.41, 5.74) is 0.534. The summed E-state index contributed by atoms with van der Waals surface area (Å²) < 4.78 is 33.0. The van der Waals surface area contributed by atoms with Gasteiger partial charge in [0.2, 0.25) is 10.0 Å². The van der Waals surface area contributed by atoms with Crippen molar-refractivity contribution >= 4 is 15.9 Å². The number of morpholine rings is 1. The predicted molar refractivity (Wildman–Crippen MR) is 108 cm³/mol. The van der Waals surface area contributed by atoms with Crippen molar-refractivity contribution in [1.82, 2.24) is 14.1 Å². The van der Waals surface area contributed by atoms with Crippen LogP contribution < -0.4 is 0 Å². The maximum atomic E-state index is 12.9. The van der Waals surface area contributed by atoms with E-state index in [4.69, 9.17) is 4.74 Å². The Morgan fingerprint density at radius 3 is 2.14 bits per heavy atom. The molecule has 0 aliphatic carbocycles. The summed E-state index contributed by atoms with van der Waals surface area (Å²) in [6.45, 7) is 10.9. The Bertz CT molecular complexity index is 763. The fraction of sp³-hybridized carbons (Fsp3) is 0.650. The van der Waals surface area contributed by atoms with Crippen LogP contribution in [-0.2, 0) is 14.8 Å². The Morgan fingerprint density at radius 2 is 1.61 bits per heavy atom. The molecule has 0 N–H and O–H groups in total. The lowest BCUT2D eigenvalue weighted by Crippen LogP contribution is -2.48. The van der Waals surface area contributed by atoms with Gasteiger partial charge in [-0.2, -0.15) is 4.31 Å². The largest absolute Gasteiger partial charge is 0.373 e. The van der Waals surface area contributed by atoms with E-state index in [9.17, 15) is 13.2 Å². The van der Waals surface area contributed by atoms with Crippen LogP contribution in [-0.4, -0.2) is 86.5 Å². The molecule has 7 nitrogen and oxygen atoms in total. The van der Waals surface area contributed by atoms with E-state index in [2.05, 4.69) is 11.8 Å². The third kappa shape index (κ3) is 4.74. The van der Waals surface area contributed by atoms with Crippen LogP contribution in [0.25, 0.3) is 0 Å². The van der Waals surface area contributed by atoms with Crippen molar-refractivity contribution in [3.63, 3.8) is 0 Å². The van der Waals surface area contributed by atoms with Gasteiger partial charge in [0.05, 0.1) is 17.1 Å². The third-order valence-electron chi connectivity index (χ3n) is 5.32. The molecule has 1 aromatic carbocycles. The maximum absolute atomic E-state index is 12.9. The van der Waals surface area contributed by atoms with Gasteiger partial charge in [-0.05, 0) is 51.1 Å². The Labute approximate surface area is 168 Å². The van der Waals surface area contributed by atoms with Crippen LogP contribution in [0.4, 0.5) is 0 Å². The molecule has 3 rings (SSSR count). The van der Waals surface area contributed by atoms with E-state index in [0.29, 0.717) is 31.7 Å². The molecule has 0 saturated carbocycles. The Hall–Kier alpha value is -1.48. The SMILES string of the molecule is CCCN1CCN(C(=O)c2ccc(S(=O)(=O)N3C[C@@H](C)O[C@@H](C)C3)cc2)CC1. The number of hydrogen-bond donors (Lipinski definition) is 0. The van der Waals surface area contributed by atoms with Crippen LogP contribution in [0.2, 0.25) is 0 Å². The number of carbonyl (C=O) groups is 1. The number of sulfonamides is 1. The fourth-order valence-corrected chi connectivity index (χ4v) is 5.51. The second-order valence-corrected chi connectivity index (χ2v) is 9.68. The summed E-state index contributed by atoms with van der Waals surface area (Å²) in [5, 5.41) is 0. The van der Waals surface area contributed by atoms with Crippen LogP contribution in [0.1, 0.15) is 37.6 Å². The van der Waals surface area contributed by atoms with Crippen molar-refractivity contribution in [2.45, 2.75) is 44.3 Å². The zero-order chi connectivity index (χ0) is 20.3. The molecule has 28 heavy (non-hydrogen) atoms. The molecule has 2 saturated heterocycles. The molecule has 0 aromatic heterocycles. The van der Waals surface area contributed by atoms with Crippen LogP contribution in [0.15, 0.2) is 29.2 Å². The summed E-state index contributed by atoms with van der Waals surface area (Å²) >= 11 is 0. The first-order valence-corrected chi connectivity index (χ1v) is 11.5. The van der Waals surface area contributed by atoms with Crippen molar-refractivity contribution in [1.29, 1.82) is 0 Å². The average molecular weight is 410 g/mol. The molecule has 0 spiro atoms. The molecule has 0 bridgehead atoms. The number of amides is 1. The highest BCUT2D eigenvalue weighted by Crippen LogP contribution is 2.22. The van der Waals surface area contributed by atoms with E-state index in [1.54, 1.807) is 24.3 Å². The number of benzene rings is 1. The van der Waals surface area contributed by atoms with Crippen molar-refractivity contribution in [3.05, 3.63) is 29.8 Å². The molecule has 1 aromatic rings. The van der Waals surface area contributed by atoms with E-state index >= 15 is 0 Å². The van der Waals surface area contributed by atoms with Crippen LogP contribution in [0.3, 0.4) is 0 Å². The van der Waals surface area contributed by atoms with Gasteiger partial charge in [-0.3, -0.25) is 9.69 Å². The lowest BCUT2D eigenvalue weighted by atomic mass is 10.2. The van der Waals surface area contributed by atoms with E-state index in [-0.39, 0.29) is 23.0 Å². The molecule has 156 valence electrons. The first-order chi connectivity index (χ1) is 13.3. The Morgan fingerprint density at radius 1 is 1.04 bits per heavy atom. The second-order valence-electron chi connectivity index (χ2n) is 7.74. The molecule has 2 atom stereocenters. The topological polar surface area (TPSA) is 70.2 Å². The first kappa shape index (κ1) is 21.2. The standard InChI is InChI=1S/C20H31N3O4S/c1-4-9-21-10-12-22(13-11-21)20(24)18-5-7-19(8-6-18)28(25,26)23-14-16(2)27-17(3)15-23/h5-8,16-17H,4,9-15H2,1-3H3/t16-,17+. The van der Waals surface area contributed by atoms with Gasteiger partial charge in [0.25, 0.3) is 5.91 Å². The molecule has 0 unspecified atom stereocenters. The zero-order valence-corrected chi connectivity index (χ0v) is 17.8. The van der Waals surface area contributed by atoms with Crippen molar-refractivity contribution in [2.75, 3.05) is 45.8 Å². The molecule has 1 amide bonds. The summed E-state index contributed by atoms with van der Waals surface area (Å²) in [6.07, 6.45) is 0.849. The highest BCUT2D eigenvalue weighted by Gasteiger charge is 2.32. The number of rotatable bonds is 5. The van der Waals surface area contributed by atoms with Crippen molar-refractivity contribution in [3.8, 4) is 0 Å². The van der Waals surface area contributed by atoms with E-state index in [0.717, 1.165) is 26.1 Å². The number of hydrogen-bond acceptors (Lipinski definition) is 5. The minimum Gasteiger partial charge on any atom is -0.373 e. The lowest BCUT2D eigenvalue weighted by molar-refractivity contribution is -0.0440. The van der Waals surface area contributed by atoms with E-state index < -0.39 is 10.0 Å². The molecule has 2 aliphatic rings. The molecule has 8 heteroatoms. The lowest BCUT2D eigenvalue weighted by Gasteiger charge is -2.35. The number of nitrogens with zero attached hydrogens (tertiary/aromatic N) is 3. The number of piperazine rings is 1. The fourth-order valence-electron chi connectivity index (χ4n) is 3.92. The number of carbonyl (C=O) groups excluding carboxylic acids is 1. The summed E-state index contributed by atoms with van der Waals surface area (Å²) in [4.78, 5) is 17.2. The van der Waals surface area contributed by atoms with E-state index in [1.165, 1.54) is 4.31 Å². The second kappa shape index (κ2) is 8.90. The van der Waals surface area contributed by atoms with E-state index in [1.807, 2.05) is 18.7 Å². The van der Waals surface area contributed by atoms with Crippen LogP contribution in [0, 0.1) is 0 Å². The van der Waals surface area contributed by atoms with Gasteiger partial charge in [0.1, 0.15) is 0 Å². The van der Waals surface area contributed by atoms with Gasteiger partial charge in [-0.1, -0.05) is 6.92 Å². The quantitative estimate of drug-likeness (QED) is 0.740. The average Bonchev–Trinajstić information content (AvgIpc) is 2.68. The monoisotopic (exact) mass is 409 g/mol. The minimum absolute atomic E-state index is 0.0336. The molecule has 0 radical (unpaired) electrons. The highest BCUT2D eigenvalue weighted by atomic mass is 32.2. The summed E-state index contributed by atoms with van der Waals surface area (Å²) in [7, 11) is -3.59. The van der Waals surface area contributed by atoms with Gasteiger partial charge in [0, 0.05) is 44.8 Å². The molecular formula is C20H31N3O4S. The van der Waals surface area contributed by atoms with Crippen LogP contribution in [0.5, 0.6) is 0 Å². The summed E-state index contributed by atoms with van der Waals surface area (Å²) in [5.74, 6) is -0.0336. The molecule has 2 fully saturated rings. The van der Waals surface area contributed by atoms with Crippen LogP contribution >= 0.6 is 0 Å². The normalized spacial score (nSPS) is 25.0. The smallest absolute Gasteiger partial charge is 0.253 e. The number of ether oxygens (including phenoxy) is 1. The van der Waals surface area contributed by atoms with Gasteiger partial charge in [0.15, 0.2) is 0 Å². The highest BCUT2D eigenvalue weighted by molar-refractivity contribution is 7.89. The Kier molecular flexibility index (Phi) is 6.75. The Balaban J connectivity index is 1.67.